The van der Waals surface area contributed by atoms with Gasteiger partial charge in [-0.1, -0.05) is 5.16 Å². The first-order valence-electron chi connectivity index (χ1n) is 9.48. The molecule has 4 aromatic rings. The van der Waals surface area contributed by atoms with Crippen molar-refractivity contribution in [1.82, 2.24) is 10.1 Å². The van der Waals surface area contributed by atoms with Crippen molar-refractivity contribution in [1.29, 1.82) is 0 Å². The van der Waals surface area contributed by atoms with Crippen molar-refractivity contribution in [2.75, 3.05) is 19.0 Å². The molecule has 0 atom stereocenters. The molecule has 7 nitrogen and oxygen atoms in total. The molecule has 1 N–H and O–H groups in total. The van der Waals surface area contributed by atoms with Crippen molar-refractivity contribution in [2.45, 2.75) is 0 Å². The van der Waals surface area contributed by atoms with Crippen LogP contribution in [0.25, 0.3) is 22.8 Å². The van der Waals surface area contributed by atoms with Gasteiger partial charge in [-0.05, 0) is 60.7 Å². The van der Waals surface area contributed by atoms with E-state index in [0.717, 1.165) is 29.5 Å². The predicted octanol–water partition coefficient (Wildman–Crippen LogP) is 4.71. The minimum absolute atomic E-state index is 0.252. The monoisotopic (exact) mass is 437 g/mol. The Kier molecular flexibility index (Phi) is 6.07. The third kappa shape index (κ3) is 4.89. The van der Waals surface area contributed by atoms with Gasteiger partial charge in [-0.25, -0.2) is 8.78 Å². The highest BCUT2D eigenvalue weighted by Gasteiger charge is 2.12. The Balaban J connectivity index is 1.36. The van der Waals surface area contributed by atoms with E-state index in [1.165, 1.54) is 0 Å². The van der Waals surface area contributed by atoms with E-state index in [1.807, 2.05) is 12.1 Å². The molecule has 0 aliphatic heterocycles. The van der Waals surface area contributed by atoms with Gasteiger partial charge < -0.3 is 19.3 Å². The summed E-state index contributed by atoms with van der Waals surface area (Å²) in [5, 5.41) is 6.25. The molecule has 0 saturated carbocycles. The molecule has 0 unspecified atom stereocenters. The molecule has 4 rings (SSSR count). The highest BCUT2D eigenvalue weighted by atomic mass is 19.1. The number of aromatic nitrogens is 2. The predicted molar refractivity (Wildman–Crippen MR) is 112 cm³/mol. The molecule has 0 aliphatic rings. The standard InChI is InChI=1S/C23H17F2N3O4/c1-30-17-7-2-14(3-8-17)22-27-23(32-28-22)15-4-9-18(10-5-15)31-13-21(29)26-20-12-16(24)6-11-19(20)25/h2-12H,13H2,1H3,(H,26,29). The fraction of sp³-hybridized carbons (Fsp3) is 0.0870. The van der Waals surface area contributed by atoms with Crippen molar-refractivity contribution in [2.24, 2.45) is 0 Å². The van der Waals surface area contributed by atoms with Crippen LogP contribution in [0.15, 0.2) is 71.3 Å². The first-order chi connectivity index (χ1) is 15.5. The summed E-state index contributed by atoms with van der Waals surface area (Å²) in [7, 11) is 1.59. The quantitative estimate of drug-likeness (QED) is 0.451. The van der Waals surface area contributed by atoms with Crippen LogP contribution in [-0.4, -0.2) is 29.8 Å². The van der Waals surface area contributed by atoms with Gasteiger partial charge in [0.25, 0.3) is 11.8 Å². The number of benzene rings is 3. The van der Waals surface area contributed by atoms with E-state index in [2.05, 4.69) is 15.5 Å². The van der Waals surface area contributed by atoms with Crippen LogP contribution in [0.4, 0.5) is 14.5 Å². The Morgan fingerprint density at radius 1 is 0.969 bits per heavy atom. The fourth-order valence-electron chi connectivity index (χ4n) is 2.82. The summed E-state index contributed by atoms with van der Waals surface area (Å²) in [5.41, 5.74) is 1.19. The summed E-state index contributed by atoms with van der Waals surface area (Å²) in [6, 6.07) is 16.7. The highest BCUT2D eigenvalue weighted by molar-refractivity contribution is 5.92. The van der Waals surface area contributed by atoms with E-state index in [4.69, 9.17) is 14.0 Å². The maximum atomic E-state index is 13.6. The van der Waals surface area contributed by atoms with Crippen LogP contribution < -0.4 is 14.8 Å². The number of carbonyl (C=O) groups is 1. The van der Waals surface area contributed by atoms with E-state index >= 15 is 0 Å². The third-order valence-corrected chi connectivity index (χ3v) is 4.45. The molecule has 0 saturated heterocycles. The number of rotatable bonds is 7. The molecule has 1 amide bonds. The highest BCUT2D eigenvalue weighted by Crippen LogP contribution is 2.25. The number of amides is 1. The van der Waals surface area contributed by atoms with Crippen LogP contribution in [0.2, 0.25) is 0 Å². The van der Waals surface area contributed by atoms with Crippen molar-refractivity contribution >= 4 is 11.6 Å². The fourth-order valence-corrected chi connectivity index (χ4v) is 2.82. The summed E-state index contributed by atoms with van der Waals surface area (Å²) in [5.74, 6) is -0.140. The van der Waals surface area contributed by atoms with Gasteiger partial charge in [0.05, 0.1) is 12.8 Å². The molecule has 0 radical (unpaired) electrons. The first kappa shape index (κ1) is 21.0. The summed E-state index contributed by atoms with van der Waals surface area (Å²) in [4.78, 5) is 16.3. The zero-order valence-electron chi connectivity index (χ0n) is 16.8. The Morgan fingerprint density at radius 3 is 2.38 bits per heavy atom. The Morgan fingerprint density at radius 2 is 1.66 bits per heavy atom. The van der Waals surface area contributed by atoms with E-state index in [1.54, 1.807) is 43.5 Å². The molecule has 1 heterocycles. The minimum Gasteiger partial charge on any atom is -0.497 e. The summed E-state index contributed by atoms with van der Waals surface area (Å²) < 4.78 is 42.6. The molecule has 9 heteroatoms. The van der Waals surface area contributed by atoms with E-state index in [0.29, 0.717) is 23.0 Å². The lowest BCUT2D eigenvalue weighted by Gasteiger charge is -2.08. The Labute approximate surface area is 181 Å². The SMILES string of the molecule is COc1ccc(-c2noc(-c3ccc(OCC(=O)Nc4cc(F)ccc4F)cc3)n2)cc1. The van der Waals surface area contributed by atoms with E-state index in [-0.39, 0.29) is 12.3 Å². The number of ether oxygens (including phenoxy) is 2. The van der Waals surface area contributed by atoms with Gasteiger partial charge in [0, 0.05) is 17.2 Å². The maximum Gasteiger partial charge on any atom is 0.262 e. The molecule has 32 heavy (non-hydrogen) atoms. The number of nitrogens with one attached hydrogen (secondary N) is 1. The molecule has 1 aromatic heterocycles. The summed E-state index contributed by atoms with van der Waals surface area (Å²) in [6.45, 7) is -0.378. The average Bonchev–Trinajstić information content (AvgIpc) is 3.31. The van der Waals surface area contributed by atoms with Crippen LogP contribution in [0.3, 0.4) is 0 Å². The smallest absolute Gasteiger partial charge is 0.262 e. The number of halogens is 2. The number of nitrogens with zero attached hydrogens (tertiary/aromatic N) is 2. The maximum absolute atomic E-state index is 13.6. The number of methoxy groups -OCH3 is 1. The van der Waals surface area contributed by atoms with E-state index in [9.17, 15) is 13.6 Å². The molecule has 0 fully saturated rings. The largest absolute Gasteiger partial charge is 0.497 e. The van der Waals surface area contributed by atoms with Crippen LogP contribution in [0, 0.1) is 11.6 Å². The van der Waals surface area contributed by atoms with Crippen molar-refractivity contribution in [3.05, 3.63) is 78.4 Å². The molecule has 0 spiro atoms. The van der Waals surface area contributed by atoms with Crippen LogP contribution >= 0.6 is 0 Å². The van der Waals surface area contributed by atoms with Crippen LogP contribution in [0.5, 0.6) is 11.5 Å². The number of anilines is 1. The topological polar surface area (TPSA) is 86.5 Å². The second-order valence-electron chi connectivity index (χ2n) is 6.64. The zero-order chi connectivity index (χ0) is 22.5. The number of carbonyl (C=O) groups excluding carboxylic acids is 1. The van der Waals surface area contributed by atoms with Crippen molar-refractivity contribution in [3.8, 4) is 34.3 Å². The molecule has 0 aliphatic carbocycles. The minimum atomic E-state index is -0.738. The van der Waals surface area contributed by atoms with Gasteiger partial charge in [0.15, 0.2) is 6.61 Å². The number of hydrogen-bond donors (Lipinski definition) is 1. The normalized spacial score (nSPS) is 10.6. The summed E-state index contributed by atoms with van der Waals surface area (Å²) in [6.07, 6.45) is 0. The molecular formula is C23H17F2N3O4. The van der Waals surface area contributed by atoms with Crippen LogP contribution in [-0.2, 0) is 4.79 Å². The molecule has 162 valence electrons. The second kappa shape index (κ2) is 9.25. The summed E-state index contributed by atoms with van der Waals surface area (Å²) >= 11 is 0. The van der Waals surface area contributed by atoms with Crippen LogP contribution in [0.1, 0.15) is 0 Å². The lowest BCUT2D eigenvalue weighted by Crippen LogP contribution is -2.20. The number of hydrogen-bond acceptors (Lipinski definition) is 6. The average molecular weight is 437 g/mol. The van der Waals surface area contributed by atoms with Crippen molar-refractivity contribution in [3.63, 3.8) is 0 Å². The van der Waals surface area contributed by atoms with Gasteiger partial charge >= 0.3 is 0 Å². The Hall–Kier alpha value is -4.27. The van der Waals surface area contributed by atoms with Gasteiger partial charge in [-0.3, -0.25) is 4.79 Å². The van der Waals surface area contributed by atoms with Gasteiger partial charge in [0.2, 0.25) is 5.82 Å². The molecular weight excluding hydrogens is 420 g/mol. The third-order valence-electron chi connectivity index (χ3n) is 4.45. The van der Waals surface area contributed by atoms with Crippen molar-refractivity contribution < 1.29 is 27.6 Å². The molecule has 0 bridgehead atoms. The van der Waals surface area contributed by atoms with Gasteiger partial charge in [-0.2, -0.15) is 4.98 Å². The van der Waals surface area contributed by atoms with Gasteiger partial charge in [0.1, 0.15) is 23.1 Å². The zero-order valence-corrected chi connectivity index (χ0v) is 16.8. The molecule has 3 aromatic carbocycles. The first-order valence-corrected chi connectivity index (χ1v) is 9.48. The van der Waals surface area contributed by atoms with E-state index < -0.39 is 17.5 Å². The lowest BCUT2D eigenvalue weighted by molar-refractivity contribution is -0.118. The lowest BCUT2D eigenvalue weighted by atomic mass is 10.2. The Bertz CT molecular complexity index is 1220. The van der Waals surface area contributed by atoms with Gasteiger partial charge in [-0.15, -0.1) is 0 Å². The second-order valence-corrected chi connectivity index (χ2v) is 6.64.